The molecule has 104 valence electrons. The van der Waals surface area contributed by atoms with Crippen LogP contribution in [0.5, 0.6) is 0 Å². The molecule has 0 radical (unpaired) electrons. The van der Waals surface area contributed by atoms with Crippen molar-refractivity contribution in [1.29, 1.82) is 0 Å². The Morgan fingerprint density at radius 1 is 1.30 bits per heavy atom. The van der Waals surface area contributed by atoms with Gasteiger partial charge in [0.05, 0.1) is 7.11 Å². The first-order valence-electron chi connectivity index (χ1n) is 6.64. The molecule has 2 aromatic rings. The van der Waals surface area contributed by atoms with Crippen molar-refractivity contribution in [3.05, 3.63) is 36.2 Å². The van der Waals surface area contributed by atoms with Gasteiger partial charge in [-0.15, -0.1) is 0 Å². The van der Waals surface area contributed by atoms with E-state index in [0.29, 0.717) is 17.2 Å². The molecule has 0 atom stereocenters. The molecule has 0 N–H and O–H groups in total. The van der Waals surface area contributed by atoms with E-state index >= 15 is 0 Å². The first kappa shape index (κ1) is 12.7. The summed E-state index contributed by atoms with van der Waals surface area (Å²) in [5.74, 6) is 1.03. The number of rotatable bonds is 3. The quantitative estimate of drug-likeness (QED) is 0.795. The molecular formula is C14H16N4O2. The highest BCUT2D eigenvalue weighted by Crippen LogP contribution is 2.24. The third-order valence-electron chi connectivity index (χ3n) is 3.41. The molecule has 1 fully saturated rings. The molecule has 3 heterocycles. The van der Waals surface area contributed by atoms with Crippen LogP contribution in [0.3, 0.4) is 0 Å². The first-order valence-corrected chi connectivity index (χ1v) is 6.64. The molecule has 6 nitrogen and oxygen atoms in total. The average Bonchev–Trinajstić information content (AvgIpc) is 3.18. The van der Waals surface area contributed by atoms with Gasteiger partial charge in [-0.3, -0.25) is 0 Å². The molecule has 1 aliphatic rings. The van der Waals surface area contributed by atoms with Crippen LogP contribution in [0.1, 0.15) is 23.2 Å². The van der Waals surface area contributed by atoms with Gasteiger partial charge in [-0.05, 0) is 31.0 Å². The molecule has 0 aromatic carbocycles. The van der Waals surface area contributed by atoms with Crippen LogP contribution in [0.25, 0.3) is 5.82 Å². The minimum atomic E-state index is -0.355. The Labute approximate surface area is 117 Å². The molecule has 0 aliphatic carbocycles. The lowest BCUT2D eigenvalue weighted by Gasteiger charge is -2.19. The fraction of sp³-hybridized carbons (Fsp3) is 0.357. The van der Waals surface area contributed by atoms with E-state index in [1.807, 2.05) is 12.3 Å². The van der Waals surface area contributed by atoms with Gasteiger partial charge in [-0.1, -0.05) is 0 Å². The van der Waals surface area contributed by atoms with Crippen molar-refractivity contribution in [3.8, 4) is 5.82 Å². The Kier molecular flexibility index (Phi) is 3.37. The van der Waals surface area contributed by atoms with Crippen molar-refractivity contribution < 1.29 is 9.53 Å². The standard InChI is InChI=1S/C14H16N4O2/c1-20-14(19)11-5-6-12(18-10-4-7-15-18)16-13(11)17-8-2-3-9-17/h4-7,10H,2-3,8-9H2,1H3. The summed E-state index contributed by atoms with van der Waals surface area (Å²) in [6, 6.07) is 5.37. The van der Waals surface area contributed by atoms with Crippen LogP contribution in [0.2, 0.25) is 0 Å². The molecule has 2 aromatic heterocycles. The maximum Gasteiger partial charge on any atom is 0.341 e. The largest absolute Gasteiger partial charge is 0.465 e. The lowest BCUT2D eigenvalue weighted by atomic mass is 10.2. The zero-order chi connectivity index (χ0) is 13.9. The van der Waals surface area contributed by atoms with Crippen molar-refractivity contribution in [2.75, 3.05) is 25.1 Å². The summed E-state index contributed by atoms with van der Waals surface area (Å²) in [7, 11) is 1.39. The van der Waals surface area contributed by atoms with Gasteiger partial charge >= 0.3 is 5.97 Å². The van der Waals surface area contributed by atoms with Crippen LogP contribution < -0.4 is 4.90 Å². The minimum Gasteiger partial charge on any atom is -0.465 e. The van der Waals surface area contributed by atoms with E-state index in [4.69, 9.17) is 4.74 Å². The van der Waals surface area contributed by atoms with E-state index in [1.54, 1.807) is 23.0 Å². The average molecular weight is 272 g/mol. The normalized spacial score (nSPS) is 14.6. The van der Waals surface area contributed by atoms with E-state index in [1.165, 1.54) is 7.11 Å². The van der Waals surface area contributed by atoms with Crippen LogP contribution in [0.15, 0.2) is 30.6 Å². The molecule has 1 saturated heterocycles. The number of aromatic nitrogens is 3. The smallest absolute Gasteiger partial charge is 0.341 e. The molecule has 1 aliphatic heterocycles. The van der Waals surface area contributed by atoms with Crippen LogP contribution in [0, 0.1) is 0 Å². The second kappa shape index (κ2) is 5.32. The van der Waals surface area contributed by atoms with Crippen molar-refractivity contribution >= 4 is 11.8 Å². The summed E-state index contributed by atoms with van der Waals surface area (Å²) < 4.78 is 6.52. The Morgan fingerprint density at radius 3 is 2.75 bits per heavy atom. The Bertz CT molecular complexity index is 604. The molecular weight excluding hydrogens is 256 g/mol. The lowest BCUT2D eigenvalue weighted by Crippen LogP contribution is -2.23. The van der Waals surface area contributed by atoms with E-state index in [2.05, 4.69) is 15.0 Å². The predicted octanol–water partition coefficient (Wildman–Crippen LogP) is 1.65. The van der Waals surface area contributed by atoms with Gasteiger partial charge in [-0.2, -0.15) is 5.10 Å². The van der Waals surface area contributed by atoms with Gasteiger partial charge in [0.2, 0.25) is 0 Å². The summed E-state index contributed by atoms with van der Waals surface area (Å²) >= 11 is 0. The van der Waals surface area contributed by atoms with Crippen molar-refractivity contribution in [3.63, 3.8) is 0 Å². The van der Waals surface area contributed by atoms with Gasteiger partial charge in [0, 0.05) is 25.5 Å². The topological polar surface area (TPSA) is 60.3 Å². The van der Waals surface area contributed by atoms with Gasteiger partial charge in [0.1, 0.15) is 11.4 Å². The van der Waals surface area contributed by atoms with Crippen molar-refractivity contribution in [1.82, 2.24) is 14.8 Å². The molecule has 0 bridgehead atoms. The van der Waals surface area contributed by atoms with Crippen LogP contribution >= 0.6 is 0 Å². The number of anilines is 1. The second-order valence-corrected chi connectivity index (χ2v) is 4.68. The number of pyridine rings is 1. The summed E-state index contributed by atoms with van der Waals surface area (Å²) in [6.07, 6.45) is 5.77. The number of carbonyl (C=O) groups excluding carboxylic acids is 1. The van der Waals surface area contributed by atoms with Crippen molar-refractivity contribution in [2.24, 2.45) is 0 Å². The van der Waals surface area contributed by atoms with Crippen LogP contribution in [-0.4, -0.2) is 40.9 Å². The summed E-state index contributed by atoms with van der Waals surface area (Å²) in [6.45, 7) is 1.83. The Balaban J connectivity index is 2.05. The fourth-order valence-corrected chi connectivity index (χ4v) is 2.41. The number of ether oxygens (including phenoxy) is 1. The van der Waals surface area contributed by atoms with Gasteiger partial charge in [0.15, 0.2) is 5.82 Å². The highest BCUT2D eigenvalue weighted by Gasteiger charge is 2.22. The van der Waals surface area contributed by atoms with Crippen molar-refractivity contribution in [2.45, 2.75) is 12.8 Å². The zero-order valence-corrected chi connectivity index (χ0v) is 11.3. The lowest BCUT2D eigenvalue weighted by molar-refractivity contribution is 0.0601. The monoisotopic (exact) mass is 272 g/mol. The number of carbonyl (C=O) groups is 1. The number of nitrogens with zero attached hydrogens (tertiary/aromatic N) is 4. The number of hydrogen-bond donors (Lipinski definition) is 0. The SMILES string of the molecule is COC(=O)c1ccc(-n2cccn2)nc1N1CCCC1. The van der Waals surface area contributed by atoms with Gasteiger partial charge in [0.25, 0.3) is 0 Å². The molecule has 0 amide bonds. The third-order valence-corrected chi connectivity index (χ3v) is 3.41. The Hall–Kier alpha value is -2.37. The highest BCUT2D eigenvalue weighted by atomic mass is 16.5. The van der Waals surface area contributed by atoms with Gasteiger partial charge in [-0.25, -0.2) is 14.5 Å². The van der Waals surface area contributed by atoms with E-state index in [-0.39, 0.29) is 5.97 Å². The van der Waals surface area contributed by atoms with E-state index in [0.717, 1.165) is 25.9 Å². The number of hydrogen-bond acceptors (Lipinski definition) is 5. The fourth-order valence-electron chi connectivity index (χ4n) is 2.41. The third kappa shape index (κ3) is 2.24. The van der Waals surface area contributed by atoms with Crippen LogP contribution in [-0.2, 0) is 4.74 Å². The van der Waals surface area contributed by atoms with Crippen LogP contribution in [0.4, 0.5) is 5.82 Å². The van der Waals surface area contributed by atoms with Gasteiger partial charge < -0.3 is 9.64 Å². The molecule has 0 saturated carbocycles. The molecule has 3 rings (SSSR count). The highest BCUT2D eigenvalue weighted by molar-refractivity contribution is 5.95. The first-order chi connectivity index (χ1) is 9.79. The Morgan fingerprint density at radius 2 is 2.10 bits per heavy atom. The van der Waals surface area contributed by atoms with E-state index < -0.39 is 0 Å². The maximum absolute atomic E-state index is 11.9. The summed E-state index contributed by atoms with van der Waals surface area (Å²) in [5.41, 5.74) is 0.505. The summed E-state index contributed by atoms with van der Waals surface area (Å²) in [4.78, 5) is 18.6. The number of methoxy groups -OCH3 is 1. The molecule has 0 unspecified atom stereocenters. The van der Waals surface area contributed by atoms with E-state index in [9.17, 15) is 4.79 Å². The summed E-state index contributed by atoms with van der Waals surface area (Å²) in [5, 5.41) is 4.17. The zero-order valence-electron chi connectivity index (χ0n) is 11.3. The number of esters is 1. The molecule has 20 heavy (non-hydrogen) atoms. The molecule has 6 heteroatoms. The second-order valence-electron chi connectivity index (χ2n) is 4.68. The predicted molar refractivity (Wildman–Crippen MR) is 74.1 cm³/mol. The maximum atomic E-state index is 11.9. The molecule has 0 spiro atoms. The minimum absolute atomic E-state index is 0.355.